The van der Waals surface area contributed by atoms with Crippen molar-refractivity contribution in [3.8, 4) is 0 Å². The maximum absolute atomic E-state index is 14.0. The first-order valence-electron chi connectivity index (χ1n) is 11.0. The van der Waals surface area contributed by atoms with Crippen LogP contribution in [0.3, 0.4) is 0 Å². The standard InChI is InChI=1S/C21H36FN7.HI/c1-4-23-21(25-15-17(3)28-13-11-27(5-2)12-14-28)26-18-8-10-29(16-18)20-19(22)7-6-9-24-20;/h6-7,9,17-18H,4-5,8,10-16H2,1-3H3,(H2,23,25,26);1H. The first-order chi connectivity index (χ1) is 14.1. The highest BCUT2D eigenvalue weighted by Gasteiger charge is 2.26. The number of pyridine rings is 1. The van der Waals surface area contributed by atoms with Gasteiger partial charge in [0.05, 0.1) is 6.54 Å². The smallest absolute Gasteiger partial charge is 0.191 e. The molecule has 170 valence electrons. The van der Waals surface area contributed by atoms with Crippen LogP contribution in [0.5, 0.6) is 0 Å². The summed E-state index contributed by atoms with van der Waals surface area (Å²) < 4.78 is 14.0. The Morgan fingerprint density at radius 2 is 2.03 bits per heavy atom. The van der Waals surface area contributed by atoms with E-state index in [9.17, 15) is 4.39 Å². The Kier molecular flexibility index (Phi) is 10.5. The molecule has 2 N–H and O–H groups in total. The van der Waals surface area contributed by atoms with Crippen LogP contribution in [0.15, 0.2) is 23.3 Å². The Morgan fingerprint density at radius 3 is 2.70 bits per heavy atom. The Morgan fingerprint density at radius 1 is 1.27 bits per heavy atom. The SMILES string of the molecule is CCNC(=NCC(C)N1CCN(CC)CC1)NC1CCN(c2ncccc2F)C1.I. The molecule has 2 unspecified atom stereocenters. The second-order valence-electron chi connectivity index (χ2n) is 7.92. The molecule has 0 aliphatic carbocycles. The van der Waals surface area contributed by atoms with Gasteiger partial charge in [-0.3, -0.25) is 9.89 Å². The molecule has 2 aliphatic heterocycles. The third-order valence-corrected chi connectivity index (χ3v) is 5.90. The van der Waals surface area contributed by atoms with E-state index < -0.39 is 0 Å². The monoisotopic (exact) mass is 533 g/mol. The second kappa shape index (κ2) is 12.6. The maximum atomic E-state index is 14.0. The fraction of sp³-hybridized carbons (Fsp3) is 0.714. The molecule has 0 spiro atoms. The molecule has 1 aromatic heterocycles. The Labute approximate surface area is 197 Å². The van der Waals surface area contributed by atoms with Gasteiger partial charge in [0, 0.05) is 64.1 Å². The van der Waals surface area contributed by atoms with E-state index in [-0.39, 0.29) is 35.8 Å². The summed E-state index contributed by atoms with van der Waals surface area (Å²) in [6.45, 7) is 15.3. The van der Waals surface area contributed by atoms with Crippen molar-refractivity contribution in [1.82, 2.24) is 25.4 Å². The molecule has 1 aromatic rings. The van der Waals surface area contributed by atoms with Crippen LogP contribution in [0.1, 0.15) is 27.2 Å². The molecule has 2 saturated heterocycles. The van der Waals surface area contributed by atoms with E-state index in [4.69, 9.17) is 4.99 Å². The van der Waals surface area contributed by atoms with Gasteiger partial charge in [0.15, 0.2) is 17.6 Å². The maximum Gasteiger partial charge on any atom is 0.191 e. The predicted molar refractivity (Wildman–Crippen MR) is 132 cm³/mol. The minimum Gasteiger partial charge on any atom is -0.357 e. The highest BCUT2D eigenvalue weighted by atomic mass is 127. The van der Waals surface area contributed by atoms with Crippen molar-refractivity contribution in [2.75, 3.05) is 63.8 Å². The Hall–Kier alpha value is -1.20. The van der Waals surface area contributed by atoms with E-state index in [0.717, 1.165) is 71.3 Å². The van der Waals surface area contributed by atoms with E-state index in [0.29, 0.717) is 11.9 Å². The zero-order valence-corrected chi connectivity index (χ0v) is 20.8. The summed E-state index contributed by atoms with van der Waals surface area (Å²) in [7, 11) is 0. The largest absolute Gasteiger partial charge is 0.357 e. The molecule has 9 heteroatoms. The molecule has 30 heavy (non-hydrogen) atoms. The van der Waals surface area contributed by atoms with Crippen molar-refractivity contribution in [2.45, 2.75) is 39.3 Å². The summed E-state index contributed by atoms with van der Waals surface area (Å²) >= 11 is 0. The third-order valence-electron chi connectivity index (χ3n) is 5.90. The lowest BCUT2D eigenvalue weighted by molar-refractivity contribution is 0.109. The van der Waals surface area contributed by atoms with Gasteiger partial charge in [-0.05, 0) is 38.9 Å². The minimum atomic E-state index is -0.259. The molecule has 2 atom stereocenters. The van der Waals surface area contributed by atoms with Crippen molar-refractivity contribution >= 4 is 35.8 Å². The number of halogens is 2. The summed E-state index contributed by atoms with van der Waals surface area (Å²) in [6, 6.07) is 3.75. The molecule has 2 aliphatic rings. The lowest BCUT2D eigenvalue weighted by Crippen LogP contribution is -2.50. The third kappa shape index (κ3) is 6.91. The highest BCUT2D eigenvalue weighted by molar-refractivity contribution is 14.0. The van der Waals surface area contributed by atoms with Crippen LogP contribution in [-0.2, 0) is 0 Å². The number of aromatic nitrogens is 1. The summed E-state index contributed by atoms with van der Waals surface area (Å²) in [5.74, 6) is 1.03. The zero-order chi connectivity index (χ0) is 20.6. The van der Waals surface area contributed by atoms with Crippen molar-refractivity contribution in [2.24, 2.45) is 4.99 Å². The van der Waals surface area contributed by atoms with Gasteiger partial charge in [-0.2, -0.15) is 0 Å². The van der Waals surface area contributed by atoms with Crippen LogP contribution >= 0.6 is 24.0 Å². The van der Waals surface area contributed by atoms with Crippen LogP contribution in [0.25, 0.3) is 0 Å². The van der Waals surface area contributed by atoms with Gasteiger partial charge in [-0.25, -0.2) is 9.37 Å². The van der Waals surface area contributed by atoms with Crippen LogP contribution in [0.2, 0.25) is 0 Å². The minimum absolute atomic E-state index is 0. The van der Waals surface area contributed by atoms with E-state index in [1.165, 1.54) is 6.07 Å². The molecule has 3 rings (SSSR count). The second-order valence-corrected chi connectivity index (χ2v) is 7.92. The van der Waals surface area contributed by atoms with Crippen LogP contribution < -0.4 is 15.5 Å². The van der Waals surface area contributed by atoms with Gasteiger partial charge < -0.3 is 20.4 Å². The molecule has 0 aromatic carbocycles. The van der Waals surface area contributed by atoms with Crippen LogP contribution in [0.4, 0.5) is 10.2 Å². The quantitative estimate of drug-likeness (QED) is 0.318. The topological polar surface area (TPSA) is 59.0 Å². The molecule has 0 bridgehead atoms. The number of aliphatic imine (C=N–C) groups is 1. The number of likely N-dealkylation sites (N-methyl/N-ethyl adjacent to an activating group) is 1. The molecule has 2 fully saturated rings. The van der Waals surface area contributed by atoms with Crippen molar-refractivity contribution in [3.05, 3.63) is 24.1 Å². The van der Waals surface area contributed by atoms with Gasteiger partial charge in [0.2, 0.25) is 0 Å². The molecular weight excluding hydrogens is 496 g/mol. The molecule has 0 amide bonds. The molecule has 0 saturated carbocycles. The van der Waals surface area contributed by atoms with Gasteiger partial charge in [0.1, 0.15) is 0 Å². The van der Waals surface area contributed by atoms with E-state index in [2.05, 4.69) is 46.2 Å². The lowest BCUT2D eigenvalue weighted by atomic mass is 10.2. The number of piperazine rings is 1. The Bertz CT molecular complexity index is 667. The number of guanidine groups is 1. The fourth-order valence-corrected chi connectivity index (χ4v) is 4.05. The van der Waals surface area contributed by atoms with Crippen molar-refractivity contribution in [3.63, 3.8) is 0 Å². The summed E-state index contributed by atoms with van der Waals surface area (Å²) in [4.78, 5) is 16.1. The zero-order valence-electron chi connectivity index (χ0n) is 18.5. The summed E-state index contributed by atoms with van der Waals surface area (Å²) in [6.07, 6.45) is 2.58. The van der Waals surface area contributed by atoms with Gasteiger partial charge in [-0.15, -0.1) is 24.0 Å². The normalized spacial score (nSPS) is 21.9. The Balaban J connectivity index is 0.00000320. The number of anilines is 1. The summed E-state index contributed by atoms with van der Waals surface area (Å²) in [5, 5.41) is 6.88. The first kappa shape index (κ1) is 25.1. The number of rotatable bonds is 7. The average molecular weight is 533 g/mol. The lowest BCUT2D eigenvalue weighted by Gasteiger charge is -2.37. The van der Waals surface area contributed by atoms with Crippen molar-refractivity contribution < 1.29 is 4.39 Å². The van der Waals surface area contributed by atoms with Gasteiger partial charge in [0.25, 0.3) is 0 Å². The van der Waals surface area contributed by atoms with Crippen LogP contribution in [-0.4, -0.2) is 91.7 Å². The number of hydrogen-bond donors (Lipinski definition) is 2. The van der Waals surface area contributed by atoms with Gasteiger partial charge in [-0.1, -0.05) is 6.92 Å². The van der Waals surface area contributed by atoms with E-state index in [1.54, 1.807) is 12.3 Å². The molecule has 7 nitrogen and oxygen atoms in total. The van der Waals surface area contributed by atoms with Crippen LogP contribution in [0, 0.1) is 5.82 Å². The van der Waals surface area contributed by atoms with E-state index in [1.807, 2.05) is 4.90 Å². The molecule has 0 radical (unpaired) electrons. The number of nitrogens with one attached hydrogen (secondary N) is 2. The number of nitrogens with zero attached hydrogens (tertiary/aromatic N) is 5. The highest BCUT2D eigenvalue weighted by Crippen LogP contribution is 2.20. The van der Waals surface area contributed by atoms with E-state index >= 15 is 0 Å². The number of hydrogen-bond acceptors (Lipinski definition) is 5. The van der Waals surface area contributed by atoms with Crippen molar-refractivity contribution in [1.29, 1.82) is 0 Å². The summed E-state index contributed by atoms with van der Waals surface area (Å²) in [5.41, 5.74) is 0. The van der Waals surface area contributed by atoms with Gasteiger partial charge >= 0.3 is 0 Å². The fourth-order valence-electron chi connectivity index (χ4n) is 4.05. The first-order valence-corrected chi connectivity index (χ1v) is 11.0. The predicted octanol–water partition coefficient (Wildman–Crippen LogP) is 2.00. The molecular formula is C21H37FIN7. The average Bonchev–Trinajstić information content (AvgIpc) is 3.20. The molecule has 3 heterocycles.